The Morgan fingerprint density at radius 1 is 1.21 bits per heavy atom. The van der Waals surface area contributed by atoms with E-state index in [-0.39, 0.29) is 18.4 Å². The van der Waals surface area contributed by atoms with E-state index in [1.165, 1.54) is 11.3 Å². The number of hydrogen-bond donors (Lipinski definition) is 1. The quantitative estimate of drug-likeness (QED) is 0.735. The maximum atomic E-state index is 12.4. The van der Waals surface area contributed by atoms with Crippen LogP contribution in [0.2, 0.25) is 9.36 Å². The van der Waals surface area contributed by atoms with Gasteiger partial charge in [0.05, 0.1) is 28.0 Å². The molecule has 1 aromatic carbocycles. The second kappa shape index (κ2) is 8.87. The second-order valence-corrected chi connectivity index (χ2v) is 7.14. The molecule has 0 atom stereocenters. The van der Waals surface area contributed by atoms with E-state index in [0.29, 0.717) is 28.0 Å². The molecular formula is C17H16Cl2N2O2S. The molecule has 24 heavy (non-hydrogen) atoms. The molecule has 4 nitrogen and oxygen atoms in total. The summed E-state index contributed by atoms with van der Waals surface area (Å²) in [7, 11) is 0. The molecule has 0 aliphatic heterocycles. The van der Waals surface area contributed by atoms with Gasteiger partial charge in [0, 0.05) is 11.4 Å². The van der Waals surface area contributed by atoms with Gasteiger partial charge < -0.3 is 10.2 Å². The average Bonchev–Trinajstić information content (AvgIpc) is 2.97. The van der Waals surface area contributed by atoms with E-state index >= 15 is 0 Å². The van der Waals surface area contributed by atoms with E-state index in [9.17, 15) is 9.59 Å². The van der Waals surface area contributed by atoms with Gasteiger partial charge >= 0.3 is 0 Å². The molecule has 126 valence electrons. The summed E-state index contributed by atoms with van der Waals surface area (Å²) in [6.45, 7) is 4.35. The number of nitrogens with one attached hydrogen (secondary N) is 1. The molecule has 1 aromatic heterocycles. The molecular weight excluding hydrogens is 367 g/mol. The molecule has 7 heteroatoms. The van der Waals surface area contributed by atoms with Crippen LogP contribution in [0.15, 0.2) is 49.1 Å². The van der Waals surface area contributed by atoms with Gasteiger partial charge in [0.1, 0.15) is 0 Å². The van der Waals surface area contributed by atoms with Crippen molar-refractivity contribution in [2.24, 2.45) is 0 Å². The van der Waals surface area contributed by atoms with Crippen molar-refractivity contribution in [1.29, 1.82) is 0 Å². The Morgan fingerprint density at radius 3 is 2.58 bits per heavy atom. The summed E-state index contributed by atoms with van der Waals surface area (Å²) in [5.74, 6) is -0.591. The zero-order chi connectivity index (χ0) is 17.5. The topological polar surface area (TPSA) is 49.4 Å². The first-order chi connectivity index (χ1) is 11.5. The third kappa shape index (κ3) is 5.09. The van der Waals surface area contributed by atoms with Crippen LogP contribution in [0.5, 0.6) is 0 Å². The Kier molecular flexibility index (Phi) is 6.85. The highest BCUT2D eigenvalue weighted by molar-refractivity contribution is 7.16. The molecule has 0 unspecified atom stereocenters. The zero-order valence-corrected chi connectivity index (χ0v) is 15.1. The fraction of sp³-hybridized carbons (Fsp3) is 0.176. The summed E-state index contributed by atoms with van der Waals surface area (Å²) in [4.78, 5) is 27.0. The number of carbonyl (C=O) groups is 2. The summed E-state index contributed by atoms with van der Waals surface area (Å²) < 4.78 is 0.669. The minimum Gasteiger partial charge on any atom is -0.343 e. The molecule has 0 saturated heterocycles. The number of hydrogen-bond acceptors (Lipinski definition) is 3. The van der Waals surface area contributed by atoms with Crippen molar-refractivity contribution in [3.8, 4) is 0 Å². The Morgan fingerprint density at radius 2 is 1.96 bits per heavy atom. The molecule has 0 fully saturated rings. The van der Waals surface area contributed by atoms with E-state index in [2.05, 4.69) is 11.9 Å². The van der Waals surface area contributed by atoms with Crippen molar-refractivity contribution in [2.45, 2.75) is 6.54 Å². The van der Waals surface area contributed by atoms with Crippen LogP contribution in [0.3, 0.4) is 0 Å². The van der Waals surface area contributed by atoms with Gasteiger partial charge in [0.2, 0.25) is 5.91 Å². The molecule has 2 aromatic rings. The first kappa shape index (κ1) is 18.5. The molecule has 0 aliphatic rings. The van der Waals surface area contributed by atoms with Gasteiger partial charge in [-0.3, -0.25) is 9.59 Å². The largest absolute Gasteiger partial charge is 0.343 e. The summed E-state index contributed by atoms with van der Waals surface area (Å²) in [6, 6.07) is 10.4. The van der Waals surface area contributed by atoms with Crippen molar-refractivity contribution < 1.29 is 9.59 Å². The summed E-state index contributed by atoms with van der Waals surface area (Å²) >= 11 is 13.3. The van der Waals surface area contributed by atoms with Gasteiger partial charge in [-0.2, -0.15) is 0 Å². The molecule has 0 aliphatic carbocycles. The highest BCUT2D eigenvalue weighted by Gasteiger charge is 2.16. The maximum Gasteiger partial charge on any atom is 0.253 e. The first-order valence-corrected chi connectivity index (χ1v) is 8.74. The van der Waals surface area contributed by atoms with Crippen LogP contribution in [0.25, 0.3) is 0 Å². The minimum absolute atomic E-state index is 0.114. The van der Waals surface area contributed by atoms with Crippen molar-refractivity contribution in [1.82, 2.24) is 10.2 Å². The number of amides is 2. The molecule has 0 radical (unpaired) electrons. The van der Waals surface area contributed by atoms with Crippen LogP contribution in [0.1, 0.15) is 15.2 Å². The van der Waals surface area contributed by atoms with Gasteiger partial charge in [-0.25, -0.2) is 0 Å². The second-order valence-electron chi connectivity index (χ2n) is 4.93. The highest BCUT2D eigenvalue weighted by Crippen LogP contribution is 2.22. The highest BCUT2D eigenvalue weighted by atomic mass is 35.5. The average molecular weight is 383 g/mol. The molecule has 2 amide bonds. The van der Waals surface area contributed by atoms with Gasteiger partial charge in [-0.1, -0.05) is 41.4 Å². The molecule has 1 N–H and O–H groups in total. The fourth-order valence-electron chi connectivity index (χ4n) is 2.04. The zero-order valence-electron chi connectivity index (χ0n) is 12.8. The molecule has 0 spiro atoms. The number of thiophene rings is 1. The third-order valence-electron chi connectivity index (χ3n) is 3.20. The summed E-state index contributed by atoms with van der Waals surface area (Å²) in [5.41, 5.74) is 0.340. The predicted octanol–water partition coefficient (Wildman–Crippen LogP) is 4.00. The molecule has 0 bridgehead atoms. The predicted molar refractivity (Wildman–Crippen MR) is 98.7 cm³/mol. The lowest BCUT2D eigenvalue weighted by Crippen LogP contribution is -2.39. The lowest BCUT2D eigenvalue weighted by molar-refractivity contribution is -0.130. The Balaban J connectivity index is 1.96. The first-order valence-electron chi connectivity index (χ1n) is 7.17. The number of rotatable bonds is 7. The van der Waals surface area contributed by atoms with E-state index in [4.69, 9.17) is 23.2 Å². The monoisotopic (exact) mass is 382 g/mol. The van der Waals surface area contributed by atoms with Crippen molar-refractivity contribution in [3.63, 3.8) is 0 Å². The van der Waals surface area contributed by atoms with Crippen molar-refractivity contribution >= 4 is 46.4 Å². The van der Waals surface area contributed by atoms with Crippen LogP contribution in [0.4, 0.5) is 0 Å². The van der Waals surface area contributed by atoms with E-state index in [1.54, 1.807) is 41.3 Å². The smallest absolute Gasteiger partial charge is 0.253 e. The number of halogens is 2. The van der Waals surface area contributed by atoms with E-state index < -0.39 is 0 Å². The van der Waals surface area contributed by atoms with Crippen LogP contribution < -0.4 is 5.32 Å². The normalized spacial score (nSPS) is 10.2. The fourth-order valence-corrected chi connectivity index (χ4v) is 3.37. The van der Waals surface area contributed by atoms with Gasteiger partial charge in [-0.15, -0.1) is 17.9 Å². The molecule has 0 saturated carbocycles. The maximum absolute atomic E-state index is 12.4. The SMILES string of the molecule is C=CCN(Cc1ccc(Cl)s1)C(=O)CNC(=O)c1ccccc1Cl. The molecule has 2 rings (SSSR count). The Labute approximate surface area is 154 Å². The number of carbonyl (C=O) groups excluding carboxylic acids is 2. The summed E-state index contributed by atoms with van der Waals surface area (Å²) in [5, 5.41) is 2.94. The third-order valence-corrected chi connectivity index (χ3v) is 4.74. The number of nitrogens with zero attached hydrogens (tertiary/aromatic N) is 1. The van der Waals surface area contributed by atoms with Crippen molar-refractivity contribution in [2.75, 3.05) is 13.1 Å². The standard InChI is InChI=1S/C17H16Cl2N2O2S/c1-2-9-21(11-12-7-8-15(19)24-12)16(22)10-20-17(23)13-5-3-4-6-14(13)18/h2-8H,1,9-11H2,(H,20,23). The lowest BCUT2D eigenvalue weighted by atomic mass is 10.2. The van der Waals surface area contributed by atoms with Crippen LogP contribution in [-0.2, 0) is 11.3 Å². The van der Waals surface area contributed by atoms with Crippen LogP contribution >= 0.6 is 34.5 Å². The van der Waals surface area contributed by atoms with Gasteiger partial charge in [0.25, 0.3) is 5.91 Å². The van der Waals surface area contributed by atoms with E-state index in [1.807, 2.05) is 6.07 Å². The van der Waals surface area contributed by atoms with Crippen LogP contribution in [-0.4, -0.2) is 29.8 Å². The van der Waals surface area contributed by atoms with Gasteiger partial charge in [0.15, 0.2) is 0 Å². The Hall–Kier alpha value is -1.82. The van der Waals surface area contributed by atoms with E-state index in [0.717, 1.165) is 4.88 Å². The lowest BCUT2D eigenvalue weighted by Gasteiger charge is -2.20. The molecule has 1 heterocycles. The van der Waals surface area contributed by atoms with Crippen LogP contribution in [0, 0.1) is 0 Å². The van der Waals surface area contributed by atoms with Gasteiger partial charge in [-0.05, 0) is 24.3 Å². The number of benzene rings is 1. The van der Waals surface area contributed by atoms with Crippen molar-refractivity contribution in [3.05, 3.63) is 68.9 Å². The summed E-state index contributed by atoms with van der Waals surface area (Å²) in [6.07, 6.45) is 1.64. The minimum atomic E-state index is -0.383. The Bertz CT molecular complexity index is 746.